The topological polar surface area (TPSA) is 89.8 Å². The first-order chi connectivity index (χ1) is 11.5. The van der Waals surface area contributed by atoms with Crippen LogP contribution < -0.4 is 5.32 Å². The summed E-state index contributed by atoms with van der Waals surface area (Å²) in [5, 5.41) is 30.7. The molecule has 5 heteroatoms. The van der Waals surface area contributed by atoms with Crippen molar-refractivity contribution in [2.45, 2.75) is 103 Å². The molecule has 0 bridgehead atoms. The summed E-state index contributed by atoms with van der Waals surface area (Å²) in [5.74, 6) is -0.628. The van der Waals surface area contributed by atoms with Crippen LogP contribution in [0.25, 0.3) is 0 Å². The van der Waals surface area contributed by atoms with Gasteiger partial charge in [-0.2, -0.15) is 0 Å². The maximum absolute atomic E-state index is 11.6. The fraction of sp³-hybridized carbons (Fsp3) is 0.947. The number of hydrogen-bond acceptors (Lipinski definition) is 4. The van der Waals surface area contributed by atoms with Crippen LogP contribution in [0.3, 0.4) is 0 Å². The molecule has 1 amide bonds. The lowest BCUT2D eigenvalue weighted by Gasteiger charge is -2.25. The van der Waals surface area contributed by atoms with Crippen molar-refractivity contribution >= 4 is 5.91 Å². The van der Waals surface area contributed by atoms with Gasteiger partial charge in [-0.1, -0.05) is 77.6 Å². The summed E-state index contributed by atoms with van der Waals surface area (Å²) in [4.78, 5) is 11.6. The fourth-order valence-corrected chi connectivity index (χ4v) is 2.64. The number of aliphatic hydroxyl groups excluding tert-OH is 2. The van der Waals surface area contributed by atoms with E-state index in [0.717, 1.165) is 12.8 Å². The monoisotopic (exact) mass is 345 g/mol. The molecule has 2 atom stereocenters. The number of nitrogens with one attached hydrogen (secondary N) is 1. The Morgan fingerprint density at radius 1 is 0.917 bits per heavy atom. The Morgan fingerprint density at radius 3 is 1.75 bits per heavy atom. The molecule has 0 aliphatic rings. The summed E-state index contributed by atoms with van der Waals surface area (Å²) in [5.41, 5.74) is -1.79. The lowest BCUT2D eigenvalue weighted by molar-refractivity contribution is -0.148. The van der Waals surface area contributed by atoms with Crippen LogP contribution in [0, 0.1) is 0 Å². The maximum Gasteiger partial charge on any atom is 0.251 e. The summed E-state index contributed by atoms with van der Waals surface area (Å²) in [6.45, 7) is 3.32. The van der Waals surface area contributed by atoms with Crippen LogP contribution >= 0.6 is 0 Å². The average Bonchev–Trinajstić information content (AvgIpc) is 2.58. The zero-order chi connectivity index (χ0) is 18.3. The Bertz CT molecular complexity index is 308. The molecule has 0 aliphatic heterocycles. The number of carbonyl (C=O) groups is 1. The van der Waals surface area contributed by atoms with E-state index >= 15 is 0 Å². The predicted molar refractivity (Wildman–Crippen MR) is 97.8 cm³/mol. The molecule has 24 heavy (non-hydrogen) atoms. The lowest BCUT2D eigenvalue weighted by Crippen LogP contribution is -2.51. The average molecular weight is 346 g/mol. The van der Waals surface area contributed by atoms with Crippen LogP contribution in [0.1, 0.15) is 90.9 Å². The summed E-state index contributed by atoms with van der Waals surface area (Å²) in [6, 6.07) is 0. The smallest absolute Gasteiger partial charge is 0.251 e. The van der Waals surface area contributed by atoms with Gasteiger partial charge in [0, 0.05) is 6.54 Å². The molecule has 2 unspecified atom stereocenters. The second-order valence-electron chi connectivity index (χ2n) is 7.10. The van der Waals surface area contributed by atoms with E-state index in [2.05, 4.69) is 12.2 Å². The standard InChI is InChI=1S/C19H39NO4/c1-3-4-5-6-7-8-9-10-11-12-13-14-15-20-18(23)17(22)19(2,24)16-21/h17,21-22,24H,3-16H2,1-2H3,(H,20,23). The molecule has 4 N–H and O–H groups in total. The minimum atomic E-state index is -1.79. The number of unbranched alkanes of at least 4 members (excludes halogenated alkanes) is 11. The molecule has 0 aromatic rings. The van der Waals surface area contributed by atoms with Gasteiger partial charge in [0.2, 0.25) is 0 Å². The van der Waals surface area contributed by atoms with E-state index in [4.69, 9.17) is 5.11 Å². The van der Waals surface area contributed by atoms with Crippen LogP contribution in [-0.4, -0.2) is 46.1 Å². The number of aliphatic hydroxyl groups is 3. The molecule has 0 aromatic carbocycles. The van der Waals surface area contributed by atoms with E-state index < -0.39 is 24.2 Å². The second kappa shape index (κ2) is 14.7. The van der Waals surface area contributed by atoms with Crippen molar-refractivity contribution in [3.05, 3.63) is 0 Å². The van der Waals surface area contributed by atoms with Crippen molar-refractivity contribution < 1.29 is 20.1 Å². The van der Waals surface area contributed by atoms with E-state index in [9.17, 15) is 15.0 Å². The van der Waals surface area contributed by atoms with Crippen molar-refractivity contribution in [3.63, 3.8) is 0 Å². The van der Waals surface area contributed by atoms with E-state index in [1.807, 2.05) is 0 Å². The summed E-state index contributed by atoms with van der Waals surface area (Å²) in [7, 11) is 0. The Balaban J connectivity index is 3.38. The Kier molecular flexibility index (Phi) is 14.3. The molecular formula is C19H39NO4. The SMILES string of the molecule is CCCCCCCCCCCCCCNC(=O)C(O)C(C)(O)CO. The molecule has 0 radical (unpaired) electrons. The molecule has 0 fully saturated rings. The van der Waals surface area contributed by atoms with E-state index in [0.29, 0.717) is 6.54 Å². The molecule has 5 nitrogen and oxygen atoms in total. The van der Waals surface area contributed by atoms with Crippen LogP contribution in [0.2, 0.25) is 0 Å². The zero-order valence-corrected chi connectivity index (χ0v) is 15.7. The van der Waals surface area contributed by atoms with Gasteiger partial charge in [-0.05, 0) is 13.3 Å². The molecule has 0 aromatic heterocycles. The van der Waals surface area contributed by atoms with E-state index in [1.54, 1.807) is 0 Å². The minimum Gasteiger partial charge on any atom is -0.393 e. The van der Waals surface area contributed by atoms with Gasteiger partial charge in [0.15, 0.2) is 6.10 Å². The number of amides is 1. The Morgan fingerprint density at radius 2 is 1.33 bits per heavy atom. The van der Waals surface area contributed by atoms with E-state index in [1.165, 1.54) is 71.1 Å². The van der Waals surface area contributed by atoms with Crippen molar-refractivity contribution in [1.29, 1.82) is 0 Å². The number of carbonyl (C=O) groups excluding carboxylic acids is 1. The van der Waals surface area contributed by atoms with Gasteiger partial charge in [0.1, 0.15) is 5.60 Å². The highest BCUT2D eigenvalue weighted by molar-refractivity contribution is 5.81. The third-order valence-electron chi connectivity index (χ3n) is 4.49. The third kappa shape index (κ3) is 11.8. The van der Waals surface area contributed by atoms with Crippen LogP contribution in [-0.2, 0) is 4.79 Å². The van der Waals surface area contributed by atoms with Crippen molar-refractivity contribution in [2.75, 3.05) is 13.2 Å². The minimum absolute atomic E-state index is 0.495. The highest BCUT2D eigenvalue weighted by atomic mass is 16.4. The summed E-state index contributed by atoms with van der Waals surface area (Å²) in [6.07, 6.45) is 13.5. The first-order valence-corrected chi connectivity index (χ1v) is 9.74. The quantitative estimate of drug-likeness (QED) is 0.324. The molecule has 0 saturated carbocycles. The molecule has 0 rings (SSSR count). The van der Waals surface area contributed by atoms with Crippen LogP contribution in [0.15, 0.2) is 0 Å². The predicted octanol–water partition coefficient (Wildman–Crippen LogP) is 2.91. The van der Waals surface area contributed by atoms with Gasteiger partial charge in [-0.3, -0.25) is 4.79 Å². The lowest BCUT2D eigenvalue weighted by atomic mass is 10.00. The van der Waals surface area contributed by atoms with Crippen LogP contribution in [0.5, 0.6) is 0 Å². The molecule has 0 spiro atoms. The molecule has 0 saturated heterocycles. The van der Waals surface area contributed by atoms with Gasteiger partial charge in [0.25, 0.3) is 5.91 Å². The summed E-state index contributed by atoms with van der Waals surface area (Å²) >= 11 is 0. The van der Waals surface area contributed by atoms with Crippen molar-refractivity contribution in [3.8, 4) is 0 Å². The van der Waals surface area contributed by atoms with Gasteiger partial charge in [-0.15, -0.1) is 0 Å². The van der Waals surface area contributed by atoms with Gasteiger partial charge < -0.3 is 20.6 Å². The largest absolute Gasteiger partial charge is 0.393 e. The Hall–Kier alpha value is -0.650. The number of hydrogen-bond donors (Lipinski definition) is 4. The van der Waals surface area contributed by atoms with Gasteiger partial charge in [0.05, 0.1) is 6.61 Å². The molecule has 0 aliphatic carbocycles. The normalized spacial score (nSPS) is 15.0. The zero-order valence-electron chi connectivity index (χ0n) is 15.7. The summed E-state index contributed by atoms with van der Waals surface area (Å²) < 4.78 is 0. The van der Waals surface area contributed by atoms with Gasteiger partial charge >= 0.3 is 0 Å². The molecule has 144 valence electrons. The molecular weight excluding hydrogens is 306 g/mol. The first-order valence-electron chi connectivity index (χ1n) is 9.74. The second-order valence-corrected chi connectivity index (χ2v) is 7.10. The number of rotatable bonds is 16. The van der Waals surface area contributed by atoms with Crippen molar-refractivity contribution in [2.24, 2.45) is 0 Å². The highest BCUT2D eigenvalue weighted by Crippen LogP contribution is 2.12. The van der Waals surface area contributed by atoms with Crippen molar-refractivity contribution in [1.82, 2.24) is 5.32 Å². The fourth-order valence-electron chi connectivity index (χ4n) is 2.64. The molecule has 0 heterocycles. The third-order valence-corrected chi connectivity index (χ3v) is 4.49. The van der Waals surface area contributed by atoms with E-state index in [-0.39, 0.29) is 0 Å². The van der Waals surface area contributed by atoms with Gasteiger partial charge in [-0.25, -0.2) is 0 Å². The van der Waals surface area contributed by atoms with Crippen LogP contribution in [0.4, 0.5) is 0 Å². The Labute approximate surface area is 147 Å². The first kappa shape index (κ1) is 23.4. The highest BCUT2D eigenvalue weighted by Gasteiger charge is 2.34. The maximum atomic E-state index is 11.6.